The molecule has 3 heterocycles. The summed E-state index contributed by atoms with van der Waals surface area (Å²) in [7, 11) is 0. The Morgan fingerprint density at radius 2 is 1.74 bits per heavy atom. The number of benzene rings is 3. The molecule has 0 bridgehead atoms. The van der Waals surface area contributed by atoms with Gasteiger partial charge in [-0.15, -0.1) is 11.3 Å². The van der Waals surface area contributed by atoms with Crippen LogP contribution in [-0.2, 0) is 0 Å². The maximum Gasteiger partial charge on any atom is 0.206 e. The van der Waals surface area contributed by atoms with Gasteiger partial charge in [-0.1, -0.05) is 46.0 Å². The van der Waals surface area contributed by atoms with Crippen LogP contribution in [0, 0.1) is 5.82 Å². The zero-order chi connectivity index (χ0) is 29.2. The van der Waals surface area contributed by atoms with Gasteiger partial charge >= 0.3 is 0 Å². The molecule has 0 spiro atoms. The van der Waals surface area contributed by atoms with Gasteiger partial charge in [0, 0.05) is 43.8 Å². The second kappa shape index (κ2) is 12.1. The lowest BCUT2D eigenvalue weighted by Crippen LogP contribution is -2.13. The van der Waals surface area contributed by atoms with Gasteiger partial charge in [-0.3, -0.25) is 0 Å². The van der Waals surface area contributed by atoms with Crippen LogP contribution < -0.4 is 4.80 Å². The third kappa shape index (κ3) is 6.10. The van der Waals surface area contributed by atoms with Crippen molar-refractivity contribution < 1.29 is 8.91 Å². The molecule has 0 saturated heterocycles. The monoisotopic (exact) mass is 636 g/mol. The first-order valence-corrected chi connectivity index (χ1v) is 14.6. The highest BCUT2D eigenvalue weighted by Gasteiger charge is 2.16. The molecule has 7 nitrogen and oxygen atoms in total. The van der Waals surface area contributed by atoms with Crippen molar-refractivity contribution in [3.8, 4) is 28.4 Å². The number of rotatable bonds is 7. The zero-order valence-corrected chi connectivity index (χ0v) is 24.9. The summed E-state index contributed by atoms with van der Waals surface area (Å²) in [6.45, 7) is 1.94. The van der Waals surface area contributed by atoms with Crippen molar-refractivity contribution in [1.82, 2.24) is 19.6 Å². The van der Waals surface area contributed by atoms with E-state index < -0.39 is 0 Å². The summed E-state index contributed by atoms with van der Waals surface area (Å²) in [5, 5.41) is 17.0. The molecule has 6 aromatic rings. The Morgan fingerprint density at radius 1 is 0.976 bits per heavy atom. The van der Waals surface area contributed by atoms with Gasteiger partial charge in [0.25, 0.3) is 0 Å². The number of halogens is 4. The second-order valence-corrected chi connectivity index (χ2v) is 11.3. The van der Waals surface area contributed by atoms with E-state index in [-0.39, 0.29) is 11.9 Å². The molecule has 42 heavy (non-hydrogen) atoms. The van der Waals surface area contributed by atoms with Crippen LogP contribution in [-0.4, -0.2) is 25.8 Å². The second-order valence-electron chi connectivity index (χ2n) is 9.21. The molecule has 0 saturated carbocycles. The SMILES string of the molecule is CC(N=c1scc(-c2cc(-c3ccc(F)cc3)no2)n1/N=C/c1cnn(-c2ccc(Cl)cc2)c1)c1ccc(Cl)cc1Cl. The first-order chi connectivity index (χ1) is 20.3. The van der Waals surface area contributed by atoms with Crippen molar-refractivity contribution >= 4 is 52.4 Å². The molecule has 0 radical (unpaired) electrons. The van der Waals surface area contributed by atoms with Gasteiger partial charge in [0.15, 0.2) is 5.76 Å². The van der Waals surface area contributed by atoms with E-state index in [1.54, 1.807) is 64.2 Å². The Kier molecular flexibility index (Phi) is 8.08. The standard InChI is InChI=1S/C30H20Cl3FN6OS/c1-18(25-11-6-22(32)12-26(25)33)37-30-40(36-15-19-14-35-39(16-19)24-9-4-21(31)5-10-24)28(17-42-30)29-13-27(38-41-29)20-2-7-23(34)8-3-20/h2-18H,1H3/b36-15+,37-30?. The maximum atomic E-state index is 13.4. The lowest BCUT2D eigenvalue weighted by Gasteiger charge is -2.09. The highest BCUT2D eigenvalue weighted by molar-refractivity contribution is 7.07. The largest absolute Gasteiger partial charge is 0.354 e. The van der Waals surface area contributed by atoms with Crippen LogP contribution in [0.3, 0.4) is 0 Å². The number of aromatic nitrogens is 4. The maximum absolute atomic E-state index is 13.4. The fourth-order valence-electron chi connectivity index (χ4n) is 4.16. The molecule has 0 aliphatic carbocycles. The minimum Gasteiger partial charge on any atom is -0.354 e. The van der Waals surface area contributed by atoms with Crippen LogP contribution in [0.5, 0.6) is 0 Å². The van der Waals surface area contributed by atoms with E-state index in [4.69, 9.17) is 49.4 Å². The molecule has 1 atom stereocenters. The van der Waals surface area contributed by atoms with E-state index in [0.29, 0.717) is 37.0 Å². The topological polar surface area (TPSA) is 73.5 Å². The Hall–Kier alpha value is -4.02. The van der Waals surface area contributed by atoms with Crippen LogP contribution in [0.15, 0.2) is 105 Å². The Bertz CT molecular complexity index is 1960. The zero-order valence-electron chi connectivity index (χ0n) is 21.8. The number of nitrogens with zero attached hydrogens (tertiary/aromatic N) is 6. The highest BCUT2D eigenvalue weighted by Crippen LogP contribution is 2.29. The normalized spacial score (nSPS) is 12.8. The first kappa shape index (κ1) is 28.1. The molecule has 3 aromatic heterocycles. The van der Waals surface area contributed by atoms with Gasteiger partial charge < -0.3 is 4.52 Å². The average Bonchev–Trinajstić information content (AvgIpc) is 3.73. The smallest absolute Gasteiger partial charge is 0.206 e. The average molecular weight is 638 g/mol. The summed E-state index contributed by atoms with van der Waals surface area (Å²) in [5.41, 5.74) is 4.38. The van der Waals surface area contributed by atoms with Crippen LogP contribution in [0.2, 0.25) is 15.1 Å². The molecular weight excluding hydrogens is 618 g/mol. The summed E-state index contributed by atoms with van der Waals surface area (Å²) >= 11 is 20.0. The molecule has 0 fully saturated rings. The number of thiazole rings is 1. The van der Waals surface area contributed by atoms with E-state index >= 15 is 0 Å². The van der Waals surface area contributed by atoms with Crippen LogP contribution in [0.25, 0.3) is 28.4 Å². The Morgan fingerprint density at radius 3 is 2.50 bits per heavy atom. The van der Waals surface area contributed by atoms with Crippen molar-refractivity contribution in [3.63, 3.8) is 0 Å². The predicted octanol–water partition coefficient (Wildman–Crippen LogP) is 8.70. The highest BCUT2D eigenvalue weighted by atomic mass is 35.5. The van der Waals surface area contributed by atoms with E-state index in [0.717, 1.165) is 22.4 Å². The summed E-state index contributed by atoms with van der Waals surface area (Å²) in [4.78, 5) is 5.52. The van der Waals surface area contributed by atoms with Crippen molar-refractivity contribution in [3.05, 3.63) is 127 Å². The Balaban J connectivity index is 1.39. The molecule has 210 valence electrons. The van der Waals surface area contributed by atoms with E-state index in [1.165, 1.54) is 23.5 Å². The van der Waals surface area contributed by atoms with Crippen LogP contribution >= 0.6 is 46.1 Å². The number of hydrogen-bond acceptors (Lipinski definition) is 6. The molecule has 3 aromatic carbocycles. The third-order valence-electron chi connectivity index (χ3n) is 6.32. The molecule has 1 unspecified atom stereocenters. The third-order valence-corrected chi connectivity index (χ3v) is 7.97. The van der Waals surface area contributed by atoms with E-state index in [9.17, 15) is 4.39 Å². The first-order valence-electron chi connectivity index (χ1n) is 12.6. The van der Waals surface area contributed by atoms with Gasteiger partial charge in [0.2, 0.25) is 4.80 Å². The van der Waals surface area contributed by atoms with Gasteiger partial charge in [0.05, 0.1) is 24.1 Å². The van der Waals surface area contributed by atoms with Crippen LogP contribution in [0.4, 0.5) is 4.39 Å². The van der Waals surface area contributed by atoms with E-state index in [2.05, 4.69) is 10.3 Å². The molecule has 0 amide bonds. The van der Waals surface area contributed by atoms with Crippen molar-refractivity contribution in [2.75, 3.05) is 0 Å². The fraction of sp³-hybridized carbons (Fsp3) is 0.0667. The van der Waals surface area contributed by atoms with Gasteiger partial charge in [-0.05, 0) is 73.2 Å². The quantitative estimate of drug-likeness (QED) is 0.164. The summed E-state index contributed by atoms with van der Waals surface area (Å²) in [6.07, 6.45) is 5.25. The van der Waals surface area contributed by atoms with Crippen molar-refractivity contribution in [2.24, 2.45) is 10.1 Å². The molecule has 0 N–H and O–H groups in total. The van der Waals surface area contributed by atoms with Crippen molar-refractivity contribution in [1.29, 1.82) is 0 Å². The molecule has 6 rings (SSSR count). The fourth-order valence-corrected chi connectivity index (χ4v) is 5.75. The molecule has 12 heteroatoms. The summed E-state index contributed by atoms with van der Waals surface area (Å²) in [5.74, 6) is 0.145. The van der Waals surface area contributed by atoms with E-state index in [1.807, 2.05) is 36.7 Å². The van der Waals surface area contributed by atoms with Crippen LogP contribution in [0.1, 0.15) is 24.1 Å². The summed E-state index contributed by atoms with van der Waals surface area (Å²) < 4.78 is 22.6. The predicted molar refractivity (Wildman–Crippen MR) is 165 cm³/mol. The lowest BCUT2D eigenvalue weighted by atomic mass is 10.1. The van der Waals surface area contributed by atoms with Gasteiger partial charge in [-0.2, -0.15) is 10.2 Å². The molecule has 0 aliphatic heterocycles. The number of hydrogen-bond donors (Lipinski definition) is 0. The molecular formula is C30H20Cl3FN6OS. The van der Waals surface area contributed by atoms with Gasteiger partial charge in [0.1, 0.15) is 17.2 Å². The molecule has 0 aliphatic rings. The van der Waals surface area contributed by atoms with Crippen molar-refractivity contribution in [2.45, 2.75) is 13.0 Å². The lowest BCUT2D eigenvalue weighted by molar-refractivity contribution is 0.432. The van der Waals surface area contributed by atoms with Gasteiger partial charge in [-0.25, -0.2) is 18.7 Å². The minimum atomic E-state index is -0.326. The summed E-state index contributed by atoms with van der Waals surface area (Å²) in [6, 6.07) is 20.2. The minimum absolute atomic E-state index is 0.292. The Labute approximate surface area is 258 Å².